The molecule has 0 saturated carbocycles. The van der Waals surface area contributed by atoms with Gasteiger partial charge in [-0.05, 0) is 56.9 Å². The Morgan fingerprint density at radius 1 is 0.941 bits per heavy atom. The van der Waals surface area contributed by atoms with Gasteiger partial charge < -0.3 is 44.9 Å². The summed E-state index contributed by atoms with van der Waals surface area (Å²) < 4.78 is 49.9. The molecule has 0 aliphatic carbocycles. The van der Waals surface area contributed by atoms with Gasteiger partial charge >= 0.3 is 19.8 Å². The molecular weight excluding hydrogens is 687 g/mol. The average Bonchev–Trinajstić information content (AvgIpc) is 3.60. The van der Waals surface area contributed by atoms with Gasteiger partial charge in [0, 0.05) is 12.8 Å². The number of esters is 2. The van der Waals surface area contributed by atoms with Crippen LogP contribution in [0.1, 0.15) is 51.0 Å². The number of rotatable bonds is 16. The largest absolute Gasteiger partial charge is 0.587 e. The first-order valence-electron chi connectivity index (χ1n) is 16.3. The fourth-order valence-electron chi connectivity index (χ4n) is 5.52. The Hall–Kier alpha value is -4.80. The molecule has 2 aromatic carbocycles. The van der Waals surface area contributed by atoms with Crippen molar-refractivity contribution in [1.29, 1.82) is 0 Å². The zero-order chi connectivity index (χ0) is 36.8. The minimum Gasteiger partial charge on any atom is -0.466 e. The van der Waals surface area contributed by atoms with Gasteiger partial charge in [0.25, 0.3) is 0 Å². The Kier molecular flexibility index (Phi) is 11.8. The van der Waals surface area contributed by atoms with Gasteiger partial charge in [-0.1, -0.05) is 36.4 Å². The van der Waals surface area contributed by atoms with Crippen molar-refractivity contribution in [3.8, 4) is 11.5 Å². The van der Waals surface area contributed by atoms with E-state index in [2.05, 4.69) is 15.0 Å². The van der Waals surface area contributed by atoms with E-state index < -0.39 is 50.4 Å². The molecule has 5 rings (SSSR count). The van der Waals surface area contributed by atoms with Crippen LogP contribution in [0.5, 0.6) is 11.5 Å². The lowest BCUT2D eigenvalue weighted by Crippen LogP contribution is -2.44. The number of hydrogen-bond acceptors (Lipinski definition) is 16. The molecule has 0 bridgehead atoms. The fourth-order valence-corrected chi connectivity index (χ4v) is 6.83. The standard InChI is InChI=1S/C33H41N6O11P/c1-4-45-25(40)16-14-20-10-6-8-12-22(20)49-51(44,50-23-13-9-7-11-21(23)15-17-26(41)46-5-2)47-18-24-28(42)33(3,43)31(48-24)39-19-36-27-29(34)37-32(35)38-30(27)39/h6-13,19,24,28,31,42-43H,4-5,14-18H2,1-3H3,(H4,34,35,37,38)/t24-,28+,31-,33+/m1/s1. The maximum atomic E-state index is 14.6. The molecule has 18 heteroatoms. The van der Waals surface area contributed by atoms with Crippen LogP contribution in [-0.2, 0) is 45.7 Å². The zero-order valence-corrected chi connectivity index (χ0v) is 29.2. The summed E-state index contributed by atoms with van der Waals surface area (Å²) >= 11 is 0. The quantitative estimate of drug-likeness (QED) is 0.0955. The van der Waals surface area contributed by atoms with Gasteiger partial charge in [0.15, 0.2) is 17.7 Å². The molecule has 51 heavy (non-hydrogen) atoms. The number of para-hydroxylation sites is 2. The molecule has 1 aliphatic rings. The number of phosphoric acid groups is 1. The maximum absolute atomic E-state index is 14.6. The Bertz CT molecular complexity index is 1830. The molecule has 0 spiro atoms. The third kappa shape index (κ3) is 8.75. The minimum atomic E-state index is -4.67. The van der Waals surface area contributed by atoms with E-state index in [1.54, 1.807) is 50.2 Å². The van der Waals surface area contributed by atoms with Gasteiger partial charge in [-0.25, -0.2) is 9.55 Å². The van der Waals surface area contributed by atoms with Gasteiger partial charge in [-0.15, -0.1) is 0 Å². The van der Waals surface area contributed by atoms with E-state index in [0.717, 1.165) is 0 Å². The highest BCUT2D eigenvalue weighted by Crippen LogP contribution is 2.52. The molecule has 1 aliphatic heterocycles. The number of nitrogen functional groups attached to an aromatic ring is 2. The number of carbonyl (C=O) groups excluding carboxylic acids is 2. The second-order valence-corrected chi connectivity index (χ2v) is 13.3. The normalized spacial score (nSPS) is 20.3. The third-order valence-corrected chi connectivity index (χ3v) is 9.35. The van der Waals surface area contributed by atoms with Gasteiger partial charge in [0.1, 0.15) is 34.8 Å². The van der Waals surface area contributed by atoms with Crippen LogP contribution in [0, 0.1) is 0 Å². The summed E-state index contributed by atoms with van der Waals surface area (Å²) in [6.45, 7) is 4.60. The number of nitrogens with zero attached hydrogens (tertiary/aromatic N) is 4. The van der Waals surface area contributed by atoms with E-state index in [-0.39, 0.29) is 73.3 Å². The number of fused-ring (bicyclic) bond motifs is 1. The van der Waals surface area contributed by atoms with Gasteiger partial charge in [-0.3, -0.25) is 18.7 Å². The Labute approximate surface area is 293 Å². The molecule has 2 aromatic heterocycles. The number of imidazole rings is 1. The molecule has 1 fully saturated rings. The van der Waals surface area contributed by atoms with Gasteiger partial charge in [0.05, 0.1) is 26.1 Å². The van der Waals surface area contributed by atoms with Crippen LogP contribution in [0.15, 0.2) is 54.9 Å². The van der Waals surface area contributed by atoms with E-state index in [9.17, 15) is 24.4 Å². The number of nitrogens with two attached hydrogens (primary N) is 2. The fraction of sp³-hybridized carbons (Fsp3) is 0.424. The predicted molar refractivity (Wildman–Crippen MR) is 182 cm³/mol. The van der Waals surface area contributed by atoms with Crippen molar-refractivity contribution in [1.82, 2.24) is 19.5 Å². The SMILES string of the molecule is CCOC(=O)CCc1ccccc1OP(=O)(OC[C@H]1O[C@@H](n2cnc3c(N)nc(N)nc32)[C@@](C)(O)[C@H]1O)Oc1ccccc1CCC(=O)OCC. The molecule has 4 atom stereocenters. The molecule has 1 saturated heterocycles. The van der Waals surface area contributed by atoms with E-state index >= 15 is 0 Å². The summed E-state index contributed by atoms with van der Waals surface area (Å²) in [7, 11) is -4.67. The molecule has 0 amide bonds. The summed E-state index contributed by atoms with van der Waals surface area (Å²) in [6.07, 6.45) is -2.39. The summed E-state index contributed by atoms with van der Waals surface area (Å²) in [6, 6.07) is 13.2. The van der Waals surface area contributed by atoms with Crippen LogP contribution in [0.3, 0.4) is 0 Å². The van der Waals surface area contributed by atoms with Crippen LogP contribution in [-0.4, -0.2) is 79.3 Å². The van der Waals surface area contributed by atoms with Crippen molar-refractivity contribution in [3.63, 3.8) is 0 Å². The van der Waals surface area contributed by atoms with Crippen molar-refractivity contribution in [2.24, 2.45) is 0 Å². The van der Waals surface area contributed by atoms with Gasteiger partial charge in [-0.2, -0.15) is 9.97 Å². The number of hydrogen-bond donors (Lipinski definition) is 4. The van der Waals surface area contributed by atoms with Crippen molar-refractivity contribution in [2.45, 2.75) is 70.5 Å². The number of aliphatic hydroxyl groups is 2. The first kappa shape index (κ1) is 37.5. The summed E-state index contributed by atoms with van der Waals surface area (Å²) in [5, 5.41) is 22.7. The number of carbonyl (C=O) groups is 2. The lowest BCUT2D eigenvalue weighted by Gasteiger charge is -2.27. The molecular formula is C33H41N6O11P. The van der Waals surface area contributed by atoms with Crippen LogP contribution < -0.4 is 20.5 Å². The third-order valence-electron chi connectivity index (χ3n) is 8.04. The Balaban J connectivity index is 1.42. The summed E-state index contributed by atoms with van der Waals surface area (Å²) in [5.41, 5.74) is 11.2. The highest BCUT2D eigenvalue weighted by atomic mass is 31.2. The van der Waals surface area contributed by atoms with Crippen LogP contribution in [0.2, 0.25) is 0 Å². The van der Waals surface area contributed by atoms with Crippen molar-refractivity contribution >= 4 is 42.7 Å². The number of anilines is 2. The Morgan fingerprint density at radius 3 is 2.04 bits per heavy atom. The minimum absolute atomic E-state index is 0.00892. The molecule has 17 nitrogen and oxygen atoms in total. The average molecular weight is 729 g/mol. The van der Waals surface area contributed by atoms with E-state index in [1.165, 1.54) is 30.0 Å². The molecule has 0 unspecified atom stereocenters. The predicted octanol–water partition coefficient (Wildman–Crippen LogP) is 3.27. The number of aliphatic hydroxyl groups excluding tert-OH is 1. The van der Waals surface area contributed by atoms with Crippen LogP contribution >= 0.6 is 7.82 Å². The molecule has 274 valence electrons. The van der Waals surface area contributed by atoms with Crippen molar-refractivity contribution < 1.29 is 52.1 Å². The molecule has 0 radical (unpaired) electrons. The number of phosphoric ester groups is 1. The van der Waals surface area contributed by atoms with E-state index in [1.807, 2.05) is 0 Å². The van der Waals surface area contributed by atoms with Gasteiger partial charge in [0.2, 0.25) is 5.95 Å². The Morgan fingerprint density at radius 2 is 1.49 bits per heavy atom. The van der Waals surface area contributed by atoms with Crippen molar-refractivity contribution in [2.75, 3.05) is 31.3 Å². The first-order valence-corrected chi connectivity index (χ1v) is 17.7. The van der Waals surface area contributed by atoms with E-state index in [4.69, 9.17) is 39.2 Å². The highest BCUT2D eigenvalue weighted by Gasteiger charge is 2.54. The first-order chi connectivity index (χ1) is 24.3. The highest BCUT2D eigenvalue weighted by molar-refractivity contribution is 7.49. The number of aromatic nitrogens is 4. The maximum Gasteiger partial charge on any atom is 0.587 e. The lowest BCUT2D eigenvalue weighted by molar-refractivity contribution is -0.144. The zero-order valence-electron chi connectivity index (χ0n) is 28.3. The van der Waals surface area contributed by atoms with Crippen LogP contribution in [0.25, 0.3) is 11.2 Å². The number of ether oxygens (including phenoxy) is 3. The van der Waals surface area contributed by atoms with Crippen LogP contribution in [0.4, 0.5) is 11.8 Å². The second kappa shape index (κ2) is 16.0. The van der Waals surface area contributed by atoms with E-state index in [0.29, 0.717) is 11.1 Å². The monoisotopic (exact) mass is 728 g/mol. The molecule has 3 heterocycles. The molecule has 6 N–H and O–H groups in total. The summed E-state index contributed by atoms with van der Waals surface area (Å²) in [4.78, 5) is 36.5. The number of aryl methyl sites for hydroxylation is 2. The smallest absolute Gasteiger partial charge is 0.466 e. The summed E-state index contributed by atoms with van der Waals surface area (Å²) in [5.74, 6) is -0.766. The van der Waals surface area contributed by atoms with Crippen molar-refractivity contribution in [3.05, 3.63) is 66.0 Å². The molecule has 4 aromatic rings. The number of benzene rings is 2. The second-order valence-electron chi connectivity index (χ2n) is 11.7. The topological polar surface area (TPSA) is 243 Å². The lowest BCUT2D eigenvalue weighted by atomic mass is 9.96.